The molecule has 2 heterocycles. The molecule has 0 saturated heterocycles. The highest BCUT2D eigenvalue weighted by Gasteiger charge is 2.38. The van der Waals surface area contributed by atoms with Crippen molar-refractivity contribution in [2.75, 3.05) is 26.6 Å². The quantitative estimate of drug-likeness (QED) is 0.576. The van der Waals surface area contributed by atoms with E-state index in [1.807, 2.05) is 55.7 Å². The third kappa shape index (κ3) is 3.51. The lowest BCUT2D eigenvalue weighted by molar-refractivity contribution is -0.143. The van der Waals surface area contributed by atoms with E-state index in [0.29, 0.717) is 40.0 Å². The molecule has 1 aromatic heterocycles. The van der Waals surface area contributed by atoms with Crippen LogP contribution >= 0.6 is 0 Å². The van der Waals surface area contributed by atoms with E-state index in [1.54, 1.807) is 27.4 Å². The number of benzene rings is 2. The fourth-order valence-corrected chi connectivity index (χ4v) is 4.09. The summed E-state index contributed by atoms with van der Waals surface area (Å²) in [5.41, 5.74) is 3.49. The molecule has 2 aromatic carbocycles. The summed E-state index contributed by atoms with van der Waals surface area (Å²) in [6.07, 6.45) is -0.272. The predicted octanol–water partition coefficient (Wildman–Crippen LogP) is 4.30. The van der Waals surface area contributed by atoms with Crippen LogP contribution < -0.4 is 19.5 Å². The number of anilines is 1. The molecule has 0 spiro atoms. The Morgan fingerprint density at radius 2 is 1.84 bits per heavy atom. The van der Waals surface area contributed by atoms with Gasteiger partial charge in [-0.1, -0.05) is 12.1 Å². The van der Waals surface area contributed by atoms with Crippen LogP contribution in [0.3, 0.4) is 0 Å². The molecule has 8 heteroatoms. The Bertz CT molecular complexity index is 1210. The Labute approximate surface area is 186 Å². The lowest BCUT2D eigenvalue weighted by Gasteiger charge is -2.31. The largest absolute Gasteiger partial charge is 0.497 e. The monoisotopic (exact) mass is 437 g/mol. The Hall–Kier alpha value is -3.68. The standard InChI is InChI=1S/C24H27N3O5/c1-13(2)32-23(28)20-14(3)25-24-26-17-9-7-8-10-18(17)27(24)21(20)16-11-15(29-4)12-19(30-5)22(16)31-6/h7-13,21H,1-6H3,(H,25,26)/t21-/m1/s1. The summed E-state index contributed by atoms with van der Waals surface area (Å²) in [7, 11) is 4.72. The van der Waals surface area contributed by atoms with Gasteiger partial charge in [0, 0.05) is 17.3 Å². The maximum atomic E-state index is 13.3. The normalized spacial score (nSPS) is 15.4. The lowest BCUT2D eigenvalue weighted by atomic mass is 9.93. The zero-order chi connectivity index (χ0) is 23.0. The Morgan fingerprint density at radius 1 is 1.09 bits per heavy atom. The van der Waals surface area contributed by atoms with Crippen molar-refractivity contribution in [2.24, 2.45) is 0 Å². The highest BCUT2D eigenvalue weighted by atomic mass is 16.5. The summed E-state index contributed by atoms with van der Waals surface area (Å²) in [5.74, 6) is 1.80. The van der Waals surface area contributed by atoms with Crippen molar-refractivity contribution < 1.29 is 23.7 Å². The first-order valence-electron chi connectivity index (χ1n) is 10.3. The minimum atomic E-state index is -0.580. The molecule has 3 aromatic rings. The average Bonchev–Trinajstić information content (AvgIpc) is 3.14. The highest BCUT2D eigenvalue weighted by molar-refractivity contribution is 5.94. The summed E-state index contributed by atoms with van der Waals surface area (Å²) in [4.78, 5) is 18.1. The van der Waals surface area contributed by atoms with Crippen LogP contribution in [0.25, 0.3) is 11.0 Å². The van der Waals surface area contributed by atoms with Crippen molar-refractivity contribution in [1.82, 2.24) is 9.55 Å². The Balaban J connectivity index is 2.06. The molecule has 0 unspecified atom stereocenters. The number of imidazole rings is 1. The summed E-state index contributed by atoms with van der Waals surface area (Å²) >= 11 is 0. The summed E-state index contributed by atoms with van der Waals surface area (Å²) in [5, 5.41) is 3.28. The van der Waals surface area contributed by atoms with Crippen LogP contribution in [0.15, 0.2) is 47.7 Å². The number of para-hydroxylation sites is 2. The molecular weight excluding hydrogens is 410 g/mol. The van der Waals surface area contributed by atoms with Gasteiger partial charge >= 0.3 is 5.97 Å². The van der Waals surface area contributed by atoms with Gasteiger partial charge in [0.15, 0.2) is 11.5 Å². The highest BCUT2D eigenvalue weighted by Crippen LogP contribution is 2.47. The van der Waals surface area contributed by atoms with Gasteiger partial charge < -0.3 is 24.3 Å². The molecule has 32 heavy (non-hydrogen) atoms. The molecule has 0 amide bonds. The first-order valence-corrected chi connectivity index (χ1v) is 10.3. The number of carbonyl (C=O) groups excluding carboxylic acids is 1. The van der Waals surface area contributed by atoms with E-state index in [2.05, 4.69) is 5.32 Å². The van der Waals surface area contributed by atoms with Gasteiger partial charge in [0.1, 0.15) is 11.8 Å². The van der Waals surface area contributed by atoms with Gasteiger partial charge in [0.05, 0.1) is 44.0 Å². The summed E-state index contributed by atoms with van der Waals surface area (Å²) < 4.78 is 24.5. The molecule has 8 nitrogen and oxygen atoms in total. The van der Waals surface area contributed by atoms with Crippen molar-refractivity contribution in [3.63, 3.8) is 0 Å². The van der Waals surface area contributed by atoms with E-state index in [1.165, 1.54) is 0 Å². The predicted molar refractivity (Wildman–Crippen MR) is 122 cm³/mol. The number of fused-ring (bicyclic) bond motifs is 3. The lowest BCUT2D eigenvalue weighted by Crippen LogP contribution is -2.30. The number of allylic oxidation sites excluding steroid dienone is 1. The molecule has 1 N–H and O–H groups in total. The number of carbonyl (C=O) groups is 1. The van der Waals surface area contributed by atoms with Crippen LogP contribution in [-0.4, -0.2) is 43.0 Å². The second-order valence-corrected chi connectivity index (χ2v) is 7.77. The molecule has 0 radical (unpaired) electrons. The molecule has 4 rings (SSSR count). The van der Waals surface area contributed by atoms with E-state index in [4.69, 9.17) is 23.9 Å². The molecule has 0 bridgehead atoms. The average molecular weight is 437 g/mol. The molecular formula is C24H27N3O5. The van der Waals surface area contributed by atoms with Crippen molar-refractivity contribution in [3.8, 4) is 17.2 Å². The van der Waals surface area contributed by atoms with E-state index in [9.17, 15) is 4.79 Å². The first-order chi connectivity index (χ1) is 15.4. The topological polar surface area (TPSA) is 83.8 Å². The SMILES string of the molecule is COc1cc(OC)c(OC)c([C@@H]2C(C(=O)OC(C)C)=C(C)Nc3nc4ccccc4n32)c1. The number of hydrogen-bond acceptors (Lipinski definition) is 7. The minimum absolute atomic E-state index is 0.272. The first kappa shape index (κ1) is 21.5. The van der Waals surface area contributed by atoms with Gasteiger partial charge in [-0.15, -0.1) is 0 Å². The zero-order valence-electron chi connectivity index (χ0n) is 19.1. The molecule has 0 saturated carbocycles. The summed E-state index contributed by atoms with van der Waals surface area (Å²) in [6.45, 7) is 5.50. The number of ether oxygens (including phenoxy) is 4. The second kappa shape index (κ2) is 8.45. The molecule has 1 aliphatic rings. The third-order valence-corrected chi connectivity index (χ3v) is 5.40. The van der Waals surface area contributed by atoms with Crippen LogP contribution in [0.2, 0.25) is 0 Å². The Morgan fingerprint density at radius 3 is 2.50 bits per heavy atom. The fraction of sp³-hybridized carbons (Fsp3) is 0.333. The molecule has 168 valence electrons. The maximum Gasteiger partial charge on any atom is 0.338 e. The number of nitrogens with zero attached hydrogens (tertiary/aromatic N) is 2. The third-order valence-electron chi connectivity index (χ3n) is 5.40. The maximum absolute atomic E-state index is 13.3. The van der Waals surface area contributed by atoms with Gasteiger partial charge in [-0.2, -0.15) is 0 Å². The fourth-order valence-electron chi connectivity index (χ4n) is 4.09. The van der Waals surface area contributed by atoms with Crippen molar-refractivity contribution in [1.29, 1.82) is 0 Å². The van der Waals surface area contributed by atoms with Crippen molar-refractivity contribution in [2.45, 2.75) is 32.9 Å². The number of aromatic nitrogens is 2. The zero-order valence-corrected chi connectivity index (χ0v) is 19.1. The molecule has 1 aliphatic heterocycles. The van der Waals surface area contributed by atoms with Crippen LogP contribution in [0.1, 0.15) is 32.4 Å². The molecule has 0 fully saturated rings. The van der Waals surface area contributed by atoms with Crippen LogP contribution in [-0.2, 0) is 9.53 Å². The minimum Gasteiger partial charge on any atom is -0.497 e. The molecule has 1 atom stereocenters. The molecule has 0 aliphatic carbocycles. The van der Waals surface area contributed by atoms with Gasteiger partial charge in [0.2, 0.25) is 5.95 Å². The van der Waals surface area contributed by atoms with E-state index in [-0.39, 0.29) is 6.10 Å². The summed E-state index contributed by atoms with van der Waals surface area (Å²) in [6, 6.07) is 10.8. The van der Waals surface area contributed by atoms with Crippen LogP contribution in [0.4, 0.5) is 5.95 Å². The number of nitrogens with one attached hydrogen (secondary N) is 1. The van der Waals surface area contributed by atoms with Gasteiger partial charge in [-0.3, -0.25) is 4.57 Å². The van der Waals surface area contributed by atoms with E-state index < -0.39 is 12.0 Å². The van der Waals surface area contributed by atoms with Crippen molar-refractivity contribution in [3.05, 3.63) is 53.2 Å². The van der Waals surface area contributed by atoms with Gasteiger partial charge in [-0.05, 0) is 39.0 Å². The number of hydrogen-bond donors (Lipinski definition) is 1. The van der Waals surface area contributed by atoms with Gasteiger partial charge in [0.25, 0.3) is 0 Å². The van der Waals surface area contributed by atoms with E-state index >= 15 is 0 Å². The second-order valence-electron chi connectivity index (χ2n) is 7.77. The number of methoxy groups -OCH3 is 3. The number of esters is 1. The number of rotatable bonds is 6. The van der Waals surface area contributed by atoms with Crippen molar-refractivity contribution >= 4 is 23.0 Å². The van der Waals surface area contributed by atoms with Gasteiger partial charge in [-0.25, -0.2) is 9.78 Å². The Kier molecular flexibility index (Phi) is 5.69. The smallest absolute Gasteiger partial charge is 0.338 e. The van der Waals surface area contributed by atoms with E-state index in [0.717, 1.165) is 11.0 Å². The van der Waals surface area contributed by atoms with Crippen LogP contribution in [0, 0.1) is 0 Å². The van der Waals surface area contributed by atoms with Crippen LogP contribution in [0.5, 0.6) is 17.2 Å².